The maximum absolute atomic E-state index is 14.0. The van der Waals surface area contributed by atoms with Crippen LogP contribution < -0.4 is 0 Å². The number of benzene rings is 1. The standard InChI is InChI=1S/C31H38FN7O3/c1-19-15-24(16-20(2)42-19)21(3)28-34-27(17-39(28)36-22(4)23-7-9-25(32)10-8-23)30(41)38-14-13-37(18-31(38,5)6)29(40)26-11-12-33-35-26/h7-12,17,19-20,24H,3,13-16,18H2,1-2,4-6H3,(H,33,35)/b36-22+/t19-,20+,24?. The monoisotopic (exact) mass is 575 g/mol. The SMILES string of the molecule is C=C(c1nc(C(=O)N2CCN(C(=O)c3ccn[nH]3)CC2(C)C)cn1/N=C(\C)c1ccc(F)cc1)C1C[C@@H](C)O[C@@H](C)C1. The molecule has 3 atom stereocenters. The van der Waals surface area contributed by atoms with E-state index in [2.05, 4.69) is 16.8 Å². The van der Waals surface area contributed by atoms with Gasteiger partial charge >= 0.3 is 0 Å². The van der Waals surface area contributed by atoms with E-state index in [4.69, 9.17) is 14.8 Å². The van der Waals surface area contributed by atoms with Crippen molar-refractivity contribution in [2.75, 3.05) is 19.6 Å². The van der Waals surface area contributed by atoms with Gasteiger partial charge in [-0.25, -0.2) is 14.1 Å². The first-order chi connectivity index (χ1) is 19.9. The normalized spacial score (nSPS) is 22.7. The minimum Gasteiger partial charge on any atom is -0.376 e. The molecule has 42 heavy (non-hydrogen) atoms. The zero-order valence-corrected chi connectivity index (χ0v) is 24.8. The van der Waals surface area contributed by atoms with Crippen molar-refractivity contribution in [1.29, 1.82) is 0 Å². The molecule has 2 amide bonds. The molecule has 0 saturated carbocycles. The molecule has 3 aromatic rings. The molecule has 2 aliphatic heterocycles. The summed E-state index contributed by atoms with van der Waals surface area (Å²) in [5, 5.41) is 11.4. The zero-order chi connectivity index (χ0) is 30.2. The van der Waals surface area contributed by atoms with Gasteiger partial charge in [0.15, 0.2) is 5.82 Å². The van der Waals surface area contributed by atoms with Crippen molar-refractivity contribution in [3.63, 3.8) is 0 Å². The third kappa shape index (κ3) is 6.06. The number of amides is 2. The molecule has 2 fully saturated rings. The number of aromatic amines is 1. The van der Waals surface area contributed by atoms with Gasteiger partial charge in [0.05, 0.1) is 29.7 Å². The van der Waals surface area contributed by atoms with E-state index in [0.29, 0.717) is 36.9 Å². The van der Waals surface area contributed by atoms with Crippen molar-refractivity contribution in [2.24, 2.45) is 11.0 Å². The average molecular weight is 576 g/mol. The average Bonchev–Trinajstić information content (AvgIpc) is 3.62. The molecule has 4 heterocycles. The van der Waals surface area contributed by atoms with Crippen molar-refractivity contribution in [2.45, 2.75) is 65.2 Å². The summed E-state index contributed by atoms with van der Waals surface area (Å²) in [5.41, 5.74) is 2.20. The van der Waals surface area contributed by atoms with E-state index < -0.39 is 5.54 Å². The lowest BCUT2D eigenvalue weighted by Gasteiger charge is -2.46. The summed E-state index contributed by atoms with van der Waals surface area (Å²) < 4.78 is 21.1. The maximum Gasteiger partial charge on any atom is 0.274 e. The Morgan fingerprint density at radius 3 is 2.40 bits per heavy atom. The summed E-state index contributed by atoms with van der Waals surface area (Å²) >= 11 is 0. The fraction of sp³-hybridized carbons (Fsp3) is 0.452. The van der Waals surface area contributed by atoms with Gasteiger partial charge in [-0.15, -0.1) is 0 Å². The lowest BCUT2D eigenvalue weighted by atomic mass is 9.86. The molecule has 0 bridgehead atoms. The smallest absolute Gasteiger partial charge is 0.274 e. The van der Waals surface area contributed by atoms with E-state index >= 15 is 0 Å². The summed E-state index contributed by atoms with van der Waals surface area (Å²) in [7, 11) is 0. The first-order valence-corrected chi connectivity index (χ1v) is 14.3. The Morgan fingerprint density at radius 1 is 1.10 bits per heavy atom. The van der Waals surface area contributed by atoms with Gasteiger partial charge in [-0.1, -0.05) is 18.7 Å². The highest BCUT2D eigenvalue weighted by Gasteiger charge is 2.40. The van der Waals surface area contributed by atoms with Gasteiger partial charge < -0.3 is 14.5 Å². The van der Waals surface area contributed by atoms with Gasteiger partial charge in [0.25, 0.3) is 11.8 Å². The first-order valence-electron chi connectivity index (χ1n) is 14.3. The lowest BCUT2D eigenvalue weighted by molar-refractivity contribution is -0.0419. The second-order valence-electron chi connectivity index (χ2n) is 11.9. The fourth-order valence-electron chi connectivity index (χ4n) is 5.94. The largest absolute Gasteiger partial charge is 0.376 e. The van der Waals surface area contributed by atoms with Crippen LogP contribution in [0.5, 0.6) is 0 Å². The van der Waals surface area contributed by atoms with Gasteiger partial charge in [0, 0.05) is 25.8 Å². The zero-order valence-electron chi connectivity index (χ0n) is 24.8. The van der Waals surface area contributed by atoms with Crippen LogP contribution in [0.1, 0.15) is 79.8 Å². The van der Waals surface area contributed by atoms with Crippen LogP contribution in [0.2, 0.25) is 0 Å². The molecule has 0 spiro atoms. The van der Waals surface area contributed by atoms with Crippen LogP contribution in [0.25, 0.3) is 5.57 Å². The molecule has 5 rings (SSSR count). The number of H-pyrrole nitrogens is 1. The van der Waals surface area contributed by atoms with E-state index in [9.17, 15) is 14.0 Å². The molecule has 0 radical (unpaired) electrons. The summed E-state index contributed by atoms with van der Waals surface area (Å²) in [6.07, 6.45) is 4.91. The van der Waals surface area contributed by atoms with Crippen LogP contribution in [0.3, 0.4) is 0 Å². The summed E-state index contributed by atoms with van der Waals surface area (Å²) in [4.78, 5) is 35.2. The molecule has 2 saturated heterocycles. The molecule has 1 unspecified atom stereocenters. The van der Waals surface area contributed by atoms with Crippen molar-refractivity contribution in [1.82, 2.24) is 29.7 Å². The Bertz CT molecular complexity index is 1480. The number of halogens is 1. The molecular weight excluding hydrogens is 537 g/mol. The topological polar surface area (TPSA) is 109 Å². The third-order valence-electron chi connectivity index (χ3n) is 8.07. The maximum atomic E-state index is 14.0. The Morgan fingerprint density at radius 2 is 1.79 bits per heavy atom. The predicted octanol–water partition coefficient (Wildman–Crippen LogP) is 4.61. The summed E-state index contributed by atoms with van der Waals surface area (Å²) in [6.45, 7) is 15.3. The third-order valence-corrected chi connectivity index (χ3v) is 8.07. The Hall–Kier alpha value is -4.12. The highest BCUT2D eigenvalue weighted by atomic mass is 19.1. The van der Waals surface area contributed by atoms with Crippen molar-refractivity contribution in [3.05, 3.63) is 77.9 Å². The minimum atomic E-state index is -0.648. The molecule has 11 heteroatoms. The first kappa shape index (κ1) is 29.4. The van der Waals surface area contributed by atoms with Crippen molar-refractivity contribution >= 4 is 23.1 Å². The van der Waals surface area contributed by atoms with Gasteiger partial charge in [-0.05, 0) is 82.7 Å². The number of carbonyl (C=O) groups excluding carboxylic acids is 2. The molecular formula is C31H38FN7O3. The predicted molar refractivity (Wildman–Crippen MR) is 158 cm³/mol. The Kier molecular flexibility index (Phi) is 8.14. The van der Waals surface area contributed by atoms with Crippen LogP contribution >= 0.6 is 0 Å². The van der Waals surface area contributed by atoms with Crippen molar-refractivity contribution in [3.8, 4) is 0 Å². The molecule has 0 aliphatic carbocycles. The number of ether oxygens (including phenoxy) is 1. The van der Waals surface area contributed by atoms with Gasteiger partial charge in [0.2, 0.25) is 0 Å². The lowest BCUT2D eigenvalue weighted by Crippen LogP contribution is -2.62. The highest BCUT2D eigenvalue weighted by molar-refractivity contribution is 5.99. The van der Waals surface area contributed by atoms with E-state index in [1.807, 2.05) is 34.6 Å². The quantitative estimate of drug-likeness (QED) is 0.432. The number of nitrogens with one attached hydrogen (secondary N) is 1. The van der Waals surface area contributed by atoms with Crippen LogP contribution in [0, 0.1) is 11.7 Å². The van der Waals surface area contributed by atoms with E-state index in [1.165, 1.54) is 12.1 Å². The Balaban J connectivity index is 1.45. The van der Waals surface area contributed by atoms with Gasteiger partial charge in [0.1, 0.15) is 17.2 Å². The fourth-order valence-corrected chi connectivity index (χ4v) is 5.94. The Labute approximate surface area is 245 Å². The number of carbonyl (C=O) groups is 2. The second kappa shape index (κ2) is 11.6. The molecule has 222 valence electrons. The molecule has 2 aliphatic rings. The summed E-state index contributed by atoms with van der Waals surface area (Å²) in [5.74, 6) is -0.0988. The molecule has 1 aromatic carbocycles. The van der Waals surface area contributed by atoms with Crippen LogP contribution in [0.15, 0.2) is 54.4 Å². The van der Waals surface area contributed by atoms with Crippen LogP contribution in [-0.2, 0) is 4.74 Å². The van der Waals surface area contributed by atoms with E-state index in [1.54, 1.807) is 45.1 Å². The van der Waals surface area contributed by atoms with Crippen LogP contribution in [-0.4, -0.2) is 84.6 Å². The van der Waals surface area contributed by atoms with Gasteiger partial charge in [-0.3, -0.25) is 14.7 Å². The number of piperazine rings is 1. The molecule has 10 nitrogen and oxygen atoms in total. The number of hydrogen-bond donors (Lipinski definition) is 1. The second-order valence-corrected chi connectivity index (χ2v) is 11.9. The van der Waals surface area contributed by atoms with Gasteiger partial charge in [-0.2, -0.15) is 10.2 Å². The number of hydrogen-bond acceptors (Lipinski definition) is 6. The number of nitrogens with zero attached hydrogens (tertiary/aromatic N) is 6. The van der Waals surface area contributed by atoms with E-state index in [-0.39, 0.29) is 41.5 Å². The highest BCUT2D eigenvalue weighted by Crippen LogP contribution is 2.35. The molecule has 2 aromatic heterocycles. The minimum absolute atomic E-state index is 0.0750. The number of rotatable bonds is 6. The van der Waals surface area contributed by atoms with Crippen molar-refractivity contribution < 1.29 is 18.7 Å². The van der Waals surface area contributed by atoms with E-state index in [0.717, 1.165) is 24.0 Å². The summed E-state index contributed by atoms with van der Waals surface area (Å²) in [6, 6.07) is 7.75. The number of imidazole rings is 1. The number of allylic oxidation sites excluding steroid dienone is 1. The number of aromatic nitrogens is 4. The molecule has 1 N–H and O–H groups in total. The van der Waals surface area contributed by atoms with Crippen LogP contribution in [0.4, 0.5) is 4.39 Å².